The predicted octanol–water partition coefficient (Wildman–Crippen LogP) is 0.193. The lowest BCUT2D eigenvalue weighted by molar-refractivity contribution is 0.119. The number of hydrogen-bond acceptors (Lipinski definition) is 5. The van der Waals surface area contributed by atoms with Gasteiger partial charge in [-0.3, -0.25) is 4.90 Å². The van der Waals surface area contributed by atoms with E-state index in [4.69, 9.17) is 10.9 Å². The van der Waals surface area contributed by atoms with Gasteiger partial charge < -0.3 is 10.6 Å². The summed E-state index contributed by atoms with van der Waals surface area (Å²) in [6.07, 6.45) is 0. The summed E-state index contributed by atoms with van der Waals surface area (Å²) >= 11 is 0. The normalized spacial score (nSPS) is 18.0. The molecule has 118 valence electrons. The molecule has 0 bridgehead atoms. The highest BCUT2D eigenvalue weighted by atomic mass is 32.2. The van der Waals surface area contributed by atoms with Crippen LogP contribution in [0.3, 0.4) is 0 Å². The van der Waals surface area contributed by atoms with Crippen molar-refractivity contribution in [3.63, 3.8) is 0 Å². The zero-order valence-electron chi connectivity index (χ0n) is 12.6. The van der Waals surface area contributed by atoms with Gasteiger partial charge in [-0.15, -0.1) is 0 Å². The Balaban J connectivity index is 2.03. The molecule has 1 heterocycles. The van der Waals surface area contributed by atoms with Crippen molar-refractivity contribution in [2.75, 3.05) is 37.6 Å². The first-order valence-corrected chi connectivity index (χ1v) is 8.61. The number of sulfonamides is 1. The smallest absolute Gasteiger partial charge is 0.238 e. The minimum absolute atomic E-state index is 0.0174. The predicted molar refractivity (Wildman–Crippen MR) is 84.7 cm³/mol. The van der Waals surface area contributed by atoms with Gasteiger partial charge in [0.05, 0.1) is 4.90 Å². The molecule has 0 unspecified atom stereocenters. The topological polar surface area (TPSA) is 92.7 Å². The Morgan fingerprint density at radius 3 is 2.05 bits per heavy atom. The van der Waals surface area contributed by atoms with E-state index in [2.05, 4.69) is 23.6 Å². The van der Waals surface area contributed by atoms with E-state index in [1.54, 1.807) is 12.1 Å². The lowest BCUT2D eigenvalue weighted by atomic mass is 10.0. The van der Waals surface area contributed by atoms with Crippen molar-refractivity contribution >= 4 is 15.7 Å². The maximum absolute atomic E-state index is 11.3. The average molecular weight is 312 g/mol. The summed E-state index contributed by atoms with van der Waals surface area (Å²) < 4.78 is 22.5. The van der Waals surface area contributed by atoms with Crippen molar-refractivity contribution in [1.82, 2.24) is 4.90 Å². The van der Waals surface area contributed by atoms with Crippen LogP contribution in [-0.4, -0.2) is 51.6 Å². The van der Waals surface area contributed by atoms with Gasteiger partial charge in [0, 0.05) is 44.0 Å². The summed E-state index contributed by atoms with van der Waals surface area (Å²) in [5.41, 5.74) is 6.85. The fraction of sp³-hybridized carbons (Fsp3) is 0.571. The lowest BCUT2D eigenvalue weighted by Gasteiger charge is -2.44. The third kappa shape index (κ3) is 3.74. The summed E-state index contributed by atoms with van der Waals surface area (Å²) in [6, 6.07) is 6.73. The molecule has 1 aliphatic rings. The molecule has 1 saturated heterocycles. The number of rotatable bonds is 4. The van der Waals surface area contributed by atoms with Crippen molar-refractivity contribution in [1.29, 1.82) is 0 Å². The van der Waals surface area contributed by atoms with Crippen molar-refractivity contribution in [3.05, 3.63) is 24.3 Å². The number of piperazine rings is 1. The van der Waals surface area contributed by atoms with Crippen LogP contribution in [0.2, 0.25) is 0 Å². The summed E-state index contributed by atoms with van der Waals surface area (Å²) in [4.78, 5) is 4.78. The van der Waals surface area contributed by atoms with Crippen LogP contribution >= 0.6 is 0 Å². The summed E-state index contributed by atoms with van der Waals surface area (Å²) in [6.45, 7) is 8.64. The number of primary sulfonamides is 1. The number of benzene rings is 1. The second-order valence-electron chi connectivity index (χ2n) is 6.03. The minimum Gasteiger partial charge on any atom is -0.369 e. The second kappa shape index (κ2) is 5.92. The molecule has 1 aliphatic heterocycles. The van der Waals surface area contributed by atoms with Crippen LogP contribution in [0, 0.1) is 0 Å². The summed E-state index contributed by atoms with van der Waals surface area (Å²) in [5.74, 6) is 0. The fourth-order valence-corrected chi connectivity index (χ4v) is 3.06. The van der Waals surface area contributed by atoms with Crippen LogP contribution < -0.4 is 15.8 Å². The van der Waals surface area contributed by atoms with Gasteiger partial charge in [-0.1, -0.05) is 0 Å². The van der Waals surface area contributed by atoms with Gasteiger partial charge in [0.15, 0.2) is 0 Å². The molecule has 0 radical (unpaired) electrons. The molecule has 4 N–H and O–H groups in total. The van der Waals surface area contributed by atoms with E-state index in [0.717, 1.165) is 31.9 Å². The van der Waals surface area contributed by atoms with Crippen LogP contribution in [-0.2, 0) is 10.0 Å². The monoisotopic (exact) mass is 312 g/mol. The van der Waals surface area contributed by atoms with Crippen molar-refractivity contribution in [3.8, 4) is 0 Å². The third-order valence-electron chi connectivity index (χ3n) is 4.17. The summed E-state index contributed by atoms with van der Waals surface area (Å²) in [7, 11) is -3.62. The Labute approximate surface area is 126 Å². The van der Waals surface area contributed by atoms with E-state index in [9.17, 15) is 8.42 Å². The van der Waals surface area contributed by atoms with Crippen LogP contribution in [0.5, 0.6) is 0 Å². The van der Waals surface area contributed by atoms with Crippen molar-refractivity contribution in [2.45, 2.75) is 24.3 Å². The summed E-state index contributed by atoms with van der Waals surface area (Å²) in [5, 5.41) is 5.11. The van der Waals surface area contributed by atoms with E-state index in [-0.39, 0.29) is 10.4 Å². The van der Waals surface area contributed by atoms with Crippen molar-refractivity contribution < 1.29 is 8.42 Å². The molecule has 1 aromatic carbocycles. The minimum atomic E-state index is -3.62. The van der Waals surface area contributed by atoms with E-state index in [1.165, 1.54) is 0 Å². The first-order chi connectivity index (χ1) is 9.74. The molecule has 7 heteroatoms. The molecular weight excluding hydrogens is 288 g/mol. The largest absolute Gasteiger partial charge is 0.369 e. The molecule has 21 heavy (non-hydrogen) atoms. The molecule has 0 spiro atoms. The molecule has 1 fully saturated rings. The van der Waals surface area contributed by atoms with Gasteiger partial charge in [0.1, 0.15) is 0 Å². The maximum Gasteiger partial charge on any atom is 0.238 e. The zero-order valence-corrected chi connectivity index (χ0v) is 13.4. The Hall–Kier alpha value is -1.15. The van der Waals surface area contributed by atoms with Gasteiger partial charge in [-0.2, -0.15) is 0 Å². The number of anilines is 1. The average Bonchev–Trinajstić information content (AvgIpc) is 2.47. The van der Waals surface area contributed by atoms with E-state index >= 15 is 0 Å². The van der Waals surface area contributed by atoms with Crippen LogP contribution in [0.25, 0.3) is 0 Å². The van der Waals surface area contributed by atoms with Crippen molar-refractivity contribution in [2.24, 2.45) is 10.9 Å². The molecule has 1 aromatic rings. The lowest BCUT2D eigenvalue weighted by Crippen LogP contribution is -2.57. The van der Waals surface area contributed by atoms with Gasteiger partial charge in [-0.25, -0.2) is 13.6 Å². The standard InChI is InChI=1S/C14H24N4O2S/c1-14(2,11-15)18-9-7-17(8-10-18)12-3-5-13(6-4-12)21(16,19)20/h3-6H,7-11,15H2,1-2H3,(H2,16,19,20). The molecule has 0 saturated carbocycles. The highest BCUT2D eigenvalue weighted by Gasteiger charge is 2.28. The Morgan fingerprint density at radius 1 is 1.10 bits per heavy atom. The zero-order chi connectivity index (χ0) is 15.7. The first-order valence-electron chi connectivity index (χ1n) is 7.07. The third-order valence-corrected chi connectivity index (χ3v) is 5.09. The molecule has 0 amide bonds. The van der Waals surface area contributed by atoms with E-state index in [0.29, 0.717) is 6.54 Å². The fourth-order valence-electron chi connectivity index (χ4n) is 2.55. The van der Waals surface area contributed by atoms with Crippen LogP contribution in [0.15, 0.2) is 29.2 Å². The van der Waals surface area contributed by atoms with Gasteiger partial charge in [0.2, 0.25) is 10.0 Å². The number of nitrogens with zero attached hydrogens (tertiary/aromatic N) is 2. The van der Waals surface area contributed by atoms with Gasteiger partial charge in [0.25, 0.3) is 0 Å². The van der Waals surface area contributed by atoms with Crippen LogP contribution in [0.1, 0.15) is 13.8 Å². The highest BCUT2D eigenvalue weighted by molar-refractivity contribution is 7.89. The molecule has 0 aromatic heterocycles. The molecule has 2 rings (SSSR count). The molecule has 0 aliphatic carbocycles. The Kier molecular flexibility index (Phi) is 4.57. The quantitative estimate of drug-likeness (QED) is 0.828. The molecule has 0 atom stereocenters. The molecular formula is C14H24N4O2S. The number of hydrogen-bond donors (Lipinski definition) is 2. The SMILES string of the molecule is CC(C)(CN)N1CCN(c2ccc(S(N)(=O)=O)cc2)CC1. The first kappa shape index (κ1) is 16.2. The highest BCUT2D eigenvalue weighted by Crippen LogP contribution is 2.21. The van der Waals surface area contributed by atoms with Gasteiger partial charge >= 0.3 is 0 Å². The van der Waals surface area contributed by atoms with Gasteiger partial charge in [-0.05, 0) is 38.1 Å². The van der Waals surface area contributed by atoms with E-state index < -0.39 is 10.0 Å². The Morgan fingerprint density at radius 2 is 1.62 bits per heavy atom. The number of nitrogens with two attached hydrogens (primary N) is 2. The van der Waals surface area contributed by atoms with E-state index in [1.807, 2.05) is 12.1 Å². The maximum atomic E-state index is 11.3. The van der Waals surface area contributed by atoms with Crippen LogP contribution in [0.4, 0.5) is 5.69 Å². The second-order valence-corrected chi connectivity index (χ2v) is 7.59. The molecule has 6 nitrogen and oxygen atoms in total. The Bertz CT molecular complexity index is 575.